The lowest BCUT2D eigenvalue weighted by atomic mass is 10.0. The summed E-state index contributed by atoms with van der Waals surface area (Å²) in [7, 11) is -1.89. The number of hydrogen-bond donors (Lipinski definition) is 2. The Balaban J connectivity index is 1.90. The van der Waals surface area contributed by atoms with Gasteiger partial charge in [-0.1, -0.05) is 48.0 Å². The van der Waals surface area contributed by atoms with Crippen LogP contribution < -0.4 is 10.9 Å². The van der Waals surface area contributed by atoms with E-state index in [1.54, 1.807) is 20.2 Å². The normalized spacial score (nSPS) is 22.4. The summed E-state index contributed by atoms with van der Waals surface area (Å²) in [6.07, 6.45) is 4.77. The highest BCUT2D eigenvalue weighted by atomic mass is 28.4. The first-order valence-corrected chi connectivity index (χ1v) is 14.2. The molecule has 1 aliphatic carbocycles. The molecule has 0 aromatic carbocycles. The SMILES string of the molecule is CC[C@H]1C[C@@H](n2cnc3c(=O)[nH]c(NC(=O)C(C)C)nc32)C[C@@H]1O[Si](C)(C)C(C)(C)C. The molecule has 2 aromatic rings. The van der Waals surface area contributed by atoms with Crippen molar-refractivity contribution in [1.29, 1.82) is 0 Å². The molecule has 0 bridgehead atoms. The molecule has 0 aliphatic heterocycles. The van der Waals surface area contributed by atoms with Gasteiger partial charge in [0.15, 0.2) is 19.5 Å². The second-order valence-electron chi connectivity index (χ2n) is 10.6. The highest BCUT2D eigenvalue weighted by Gasteiger charge is 2.44. The molecular weight excluding hydrogens is 410 g/mol. The van der Waals surface area contributed by atoms with E-state index in [4.69, 9.17) is 4.43 Å². The zero-order valence-electron chi connectivity index (χ0n) is 20.1. The number of amides is 1. The summed E-state index contributed by atoms with van der Waals surface area (Å²) < 4.78 is 8.79. The smallest absolute Gasteiger partial charge is 0.280 e. The van der Waals surface area contributed by atoms with E-state index in [1.807, 2.05) is 4.57 Å². The van der Waals surface area contributed by atoms with Gasteiger partial charge in [0.2, 0.25) is 11.9 Å². The first kappa shape index (κ1) is 23.7. The van der Waals surface area contributed by atoms with Gasteiger partial charge >= 0.3 is 0 Å². The van der Waals surface area contributed by atoms with Gasteiger partial charge in [-0.25, -0.2) is 4.98 Å². The fraction of sp³-hybridized carbons (Fsp3) is 0.727. The van der Waals surface area contributed by atoms with E-state index in [1.165, 1.54) is 0 Å². The van der Waals surface area contributed by atoms with Gasteiger partial charge in [-0.05, 0) is 36.9 Å². The van der Waals surface area contributed by atoms with Gasteiger partial charge in [0.05, 0.1) is 6.33 Å². The number of carbonyl (C=O) groups is 1. The Labute approximate surface area is 185 Å². The largest absolute Gasteiger partial charge is 0.414 e. The second-order valence-corrected chi connectivity index (χ2v) is 15.3. The number of carbonyl (C=O) groups excluding carboxylic acids is 1. The number of rotatable bonds is 6. The molecule has 3 atom stereocenters. The summed E-state index contributed by atoms with van der Waals surface area (Å²) in [6.45, 7) is 17.2. The van der Waals surface area contributed by atoms with E-state index in [0.29, 0.717) is 17.1 Å². The van der Waals surface area contributed by atoms with Crippen molar-refractivity contribution in [3.8, 4) is 0 Å². The predicted molar refractivity (Wildman–Crippen MR) is 126 cm³/mol. The predicted octanol–water partition coefficient (Wildman–Crippen LogP) is 4.47. The number of nitrogens with zero attached hydrogens (tertiary/aromatic N) is 3. The van der Waals surface area contributed by atoms with Crippen LogP contribution in [-0.2, 0) is 9.22 Å². The van der Waals surface area contributed by atoms with Crippen LogP contribution in [0.2, 0.25) is 18.1 Å². The zero-order valence-corrected chi connectivity index (χ0v) is 21.1. The van der Waals surface area contributed by atoms with Gasteiger partial charge in [-0.15, -0.1) is 0 Å². The van der Waals surface area contributed by atoms with Gasteiger partial charge in [0.1, 0.15) is 0 Å². The number of anilines is 1. The topological polar surface area (TPSA) is 102 Å². The summed E-state index contributed by atoms with van der Waals surface area (Å²) in [6, 6.07) is 0.160. The molecule has 8 nitrogen and oxygen atoms in total. The molecule has 0 spiro atoms. The molecule has 1 fully saturated rings. The molecule has 3 rings (SSSR count). The first-order valence-electron chi connectivity index (χ1n) is 11.3. The van der Waals surface area contributed by atoms with Crippen molar-refractivity contribution in [1.82, 2.24) is 19.5 Å². The van der Waals surface area contributed by atoms with Gasteiger partial charge in [-0.2, -0.15) is 4.98 Å². The Bertz CT molecular complexity index is 1000. The maximum absolute atomic E-state index is 12.5. The van der Waals surface area contributed by atoms with E-state index in [-0.39, 0.29) is 40.5 Å². The average molecular weight is 448 g/mol. The van der Waals surface area contributed by atoms with Crippen molar-refractivity contribution < 1.29 is 9.22 Å². The monoisotopic (exact) mass is 447 g/mol. The summed E-state index contributed by atoms with van der Waals surface area (Å²) in [4.78, 5) is 36.1. The van der Waals surface area contributed by atoms with E-state index >= 15 is 0 Å². The molecule has 2 heterocycles. The summed E-state index contributed by atoms with van der Waals surface area (Å²) >= 11 is 0. The number of aromatic amines is 1. The molecule has 31 heavy (non-hydrogen) atoms. The quantitative estimate of drug-likeness (QED) is 0.636. The average Bonchev–Trinajstić information content (AvgIpc) is 3.24. The van der Waals surface area contributed by atoms with Crippen molar-refractivity contribution in [2.75, 3.05) is 5.32 Å². The molecule has 2 N–H and O–H groups in total. The summed E-state index contributed by atoms with van der Waals surface area (Å²) in [5, 5.41) is 2.85. The van der Waals surface area contributed by atoms with Crippen LogP contribution in [-0.4, -0.2) is 39.8 Å². The molecule has 0 saturated heterocycles. The lowest BCUT2D eigenvalue weighted by Gasteiger charge is -2.39. The molecule has 1 amide bonds. The Morgan fingerprint density at radius 1 is 1.35 bits per heavy atom. The van der Waals surface area contributed by atoms with Crippen LogP contribution in [0, 0.1) is 11.8 Å². The number of nitrogens with one attached hydrogen (secondary N) is 2. The summed E-state index contributed by atoms with van der Waals surface area (Å²) in [5.74, 6) is 0.221. The van der Waals surface area contributed by atoms with Crippen LogP contribution in [0.25, 0.3) is 11.2 Å². The van der Waals surface area contributed by atoms with Gasteiger partial charge < -0.3 is 8.99 Å². The van der Waals surface area contributed by atoms with Crippen LogP contribution in [0.5, 0.6) is 0 Å². The fourth-order valence-electron chi connectivity index (χ4n) is 3.93. The Morgan fingerprint density at radius 2 is 2.03 bits per heavy atom. The number of hydrogen-bond acceptors (Lipinski definition) is 5. The van der Waals surface area contributed by atoms with Crippen LogP contribution >= 0.6 is 0 Å². The minimum absolute atomic E-state index is 0.156. The third kappa shape index (κ3) is 4.77. The van der Waals surface area contributed by atoms with Crippen LogP contribution in [0.15, 0.2) is 11.1 Å². The standard InChI is InChI=1S/C22H37N5O3Si/c1-9-14-10-15(11-16(14)30-31(7,8)22(4,5)6)27-12-23-17-18(27)24-21(26-20(17)29)25-19(28)13(2)3/h12-16H,9-11H2,1-8H3,(H2,24,25,26,28,29)/t14-,15+,16-/m0/s1. The molecule has 2 aromatic heterocycles. The lowest BCUT2D eigenvalue weighted by molar-refractivity contribution is -0.118. The minimum atomic E-state index is -1.89. The Morgan fingerprint density at radius 3 is 2.61 bits per heavy atom. The number of imidazole rings is 1. The first-order chi connectivity index (χ1) is 14.3. The molecule has 1 aliphatic rings. The molecule has 9 heteroatoms. The highest BCUT2D eigenvalue weighted by molar-refractivity contribution is 6.74. The maximum atomic E-state index is 12.5. The van der Waals surface area contributed by atoms with Crippen molar-refractivity contribution in [3.05, 3.63) is 16.7 Å². The van der Waals surface area contributed by atoms with E-state index in [9.17, 15) is 9.59 Å². The van der Waals surface area contributed by atoms with Gasteiger partial charge in [0, 0.05) is 18.1 Å². The van der Waals surface area contributed by atoms with Crippen molar-refractivity contribution in [3.63, 3.8) is 0 Å². The van der Waals surface area contributed by atoms with Crippen molar-refractivity contribution in [2.45, 2.75) is 91.1 Å². The molecule has 172 valence electrons. The molecule has 0 radical (unpaired) electrons. The van der Waals surface area contributed by atoms with E-state index < -0.39 is 8.32 Å². The van der Waals surface area contributed by atoms with Crippen LogP contribution in [0.3, 0.4) is 0 Å². The molecule has 0 unspecified atom stereocenters. The Hall–Kier alpha value is -2.00. The zero-order chi connectivity index (χ0) is 23.1. The Kier molecular flexibility index (Phi) is 6.49. The lowest BCUT2D eigenvalue weighted by Crippen LogP contribution is -2.44. The number of H-pyrrole nitrogens is 1. The third-order valence-electron chi connectivity index (χ3n) is 6.97. The van der Waals surface area contributed by atoms with Gasteiger partial charge in [-0.3, -0.25) is 19.9 Å². The van der Waals surface area contributed by atoms with E-state index in [0.717, 1.165) is 19.3 Å². The third-order valence-corrected chi connectivity index (χ3v) is 11.5. The van der Waals surface area contributed by atoms with E-state index in [2.05, 4.69) is 61.1 Å². The minimum Gasteiger partial charge on any atom is -0.414 e. The number of aromatic nitrogens is 4. The van der Waals surface area contributed by atoms with Crippen LogP contribution in [0.1, 0.15) is 66.8 Å². The van der Waals surface area contributed by atoms with Crippen LogP contribution in [0.4, 0.5) is 5.95 Å². The fourth-order valence-corrected chi connectivity index (χ4v) is 5.33. The molecule has 1 saturated carbocycles. The van der Waals surface area contributed by atoms with Gasteiger partial charge in [0.25, 0.3) is 5.56 Å². The maximum Gasteiger partial charge on any atom is 0.280 e. The second kappa shape index (κ2) is 8.50. The molecular formula is C22H37N5O3Si. The highest BCUT2D eigenvalue weighted by Crippen LogP contribution is 2.44. The summed E-state index contributed by atoms with van der Waals surface area (Å²) in [5.41, 5.74) is 0.460. The number of fused-ring (bicyclic) bond motifs is 1. The van der Waals surface area contributed by atoms with Crippen molar-refractivity contribution in [2.24, 2.45) is 11.8 Å². The van der Waals surface area contributed by atoms with Crippen molar-refractivity contribution >= 4 is 31.3 Å².